The van der Waals surface area contributed by atoms with E-state index in [-0.39, 0.29) is 0 Å². The number of rotatable bonds is 6. The molecule has 2 aliphatic rings. The molecule has 3 aromatic heterocycles. The first-order valence-corrected chi connectivity index (χ1v) is 25.8. The Hall–Kier alpha value is -10.2. The third-order valence-corrected chi connectivity index (χ3v) is 15.8. The van der Waals surface area contributed by atoms with Gasteiger partial charge in [-0.15, -0.1) is 0 Å². The van der Waals surface area contributed by atoms with Crippen molar-refractivity contribution in [3.8, 4) is 79.3 Å². The quantitative estimate of drug-likeness (QED) is 0.167. The fourth-order valence-electron chi connectivity index (χ4n) is 12.7. The molecule has 16 rings (SSSR count). The minimum Gasteiger partial charge on any atom is -0.457 e. The first kappa shape index (κ1) is 42.3. The van der Waals surface area contributed by atoms with Crippen molar-refractivity contribution < 1.29 is 4.74 Å². The van der Waals surface area contributed by atoms with Crippen molar-refractivity contribution in [3.05, 3.63) is 283 Å². The molecule has 0 amide bonds. The lowest BCUT2D eigenvalue weighted by Gasteiger charge is -2.39. The number of aromatic nitrogens is 5. The first-order chi connectivity index (χ1) is 37.7. The third-order valence-electron chi connectivity index (χ3n) is 15.8. The lowest BCUT2D eigenvalue weighted by atomic mass is 9.66. The Morgan fingerprint density at radius 1 is 0.316 bits per heavy atom. The molecule has 0 radical (unpaired) electrons. The lowest BCUT2D eigenvalue weighted by molar-refractivity contribution is 0.436. The van der Waals surface area contributed by atoms with Gasteiger partial charge in [-0.25, -0.2) is 15.0 Å². The molecular formula is C70H43N5O. The van der Waals surface area contributed by atoms with Crippen LogP contribution in [0.3, 0.4) is 0 Å². The van der Waals surface area contributed by atoms with Crippen LogP contribution in [0.15, 0.2) is 261 Å². The van der Waals surface area contributed by atoms with Gasteiger partial charge in [0.05, 0.1) is 27.5 Å². The van der Waals surface area contributed by atoms with E-state index in [0.29, 0.717) is 17.5 Å². The van der Waals surface area contributed by atoms with E-state index in [0.717, 1.165) is 84.0 Å². The van der Waals surface area contributed by atoms with Crippen molar-refractivity contribution in [1.29, 1.82) is 0 Å². The van der Waals surface area contributed by atoms with Crippen LogP contribution in [0.2, 0.25) is 0 Å². The smallest absolute Gasteiger partial charge is 0.164 e. The predicted molar refractivity (Wildman–Crippen MR) is 308 cm³/mol. The minimum absolute atomic E-state index is 0.613. The average molecular weight is 970 g/mol. The van der Waals surface area contributed by atoms with E-state index in [9.17, 15) is 0 Å². The van der Waals surface area contributed by atoms with Crippen molar-refractivity contribution >= 4 is 43.6 Å². The number of hydrogen-bond donors (Lipinski definition) is 0. The van der Waals surface area contributed by atoms with E-state index in [1.165, 1.54) is 43.7 Å². The molecule has 0 unspecified atom stereocenters. The molecule has 6 nitrogen and oxygen atoms in total. The number of ether oxygens (including phenoxy) is 1. The van der Waals surface area contributed by atoms with Crippen LogP contribution in [-0.2, 0) is 5.41 Å². The Bertz CT molecular complexity index is 4550. The van der Waals surface area contributed by atoms with Gasteiger partial charge < -0.3 is 13.9 Å². The Balaban J connectivity index is 0.965. The molecule has 0 bridgehead atoms. The van der Waals surface area contributed by atoms with Crippen molar-refractivity contribution in [2.75, 3.05) is 0 Å². The average Bonchev–Trinajstić information content (AvgIpc) is 4.33. The molecular weight excluding hydrogens is 927 g/mol. The van der Waals surface area contributed by atoms with Gasteiger partial charge in [0.25, 0.3) is 0 Å². The molecule has 4 heterocycles. The number of para-hydroxylation sites is 5. The van der Waals surface area contributed by atoms with Gasteiger partial charge in [0.1, 0.15) is 11.5 Å². The van der Waals surface area contributed by atoms with E-state index in [2.05, 4.69) is 234 Å². The highest BCUT2D eigenvalue weighted by Crippen LogP contribution is 2.63. The summed E-state index contributed by atoms with van der Waals surface area (Å²) in [6, 6.07) is 93.2. The van der Waals surface area contributed by atoms with Gasteiger partial charge in [-0.2, -0.15) is 0 Å². The standard InChI is InChI=1S/C70H43N5O/c1-5-20-44(21-6-1)67-71-68(45-22-7-2-8-23-45)73-69(72-67)52-29-19-32-58-64(52)54-43-46(36-39-55(54)70(58)56-30-14-17-34-62(56)76-63-35-18-15-31-57(63)70)47-37-40-60-53(42-47)50-38-41-61-65(66(50)75(60)49-26-11-4-12-27-49)51-28-13-16-33-59(51)74(61)48-24-9-3-10-25-48/h1-43H. The summed E-state index contributed by atoms with van der Waals surface area (Å²) in [6.07, 6.45) is 0. The number of nitrogens with zero attached hydrogens (tertiary/aromatic N) is 5. The summed E-state index contributed by atoms with van der Waals surface area (Å²) in [4.78, 5) is 15.8. The van der Waals surface area contributed by atoms with Crippen LogP contribution >= 0.6 is 0 Å². The van der Waals surface area contributed by atoms with Gasteiger partial charge in [-0.3, -0.25) is 0 Å². The SMILES string of the molecule is c1ccc(-c2nc(-c3ccccc3)nc(-c3cccc4c3-c3cc(-c5ccc6c(c5)c5ccc7c(c8ccccc8n7-c7ccccc7)c5n6-c5ccccc5)ccc3C43c4ccccc4Oc4ccccc43)n2)cc1. The summed E-state index contributed by atoms with van der Waals surface area (Å²) >= 11 is 0. The maximum Gasteiger partial charge on any atom is 0.164 e. The van der Waals surface area contributed by atoms with E-state index in [4.69, 9.17) is 19.7 Å². The number of fused-ring (bicyclic) bond motifs is 16. The Morgan fingerprint density at radius 3 is 1.53 bits per heavy atom. The number of hydrogen-bond acceptors (Lipinski definition) is 4. The highest BCUT2D eigenvalue weighted by Gasteiger charge is 2.52. The Labute approximate surface area is 438 Å². The molecule has 0 fully saturated rings. The van der Waals surface area contributed by atoms with E-state index < -0.39 is 5.41 Å². The molecule has 354 valence electrons. The molecule has 76 heavy (non-hydrogen) atoms. The molecule has 0 saturated carbocycles. The van der Waals surface area contributed by atoms with Gasteiger partial charge >= 0.3 is 0 Å². The summed E-state index contributed by atoms with van der Waals surface area (Å²) in [6.45, 7) is 0. The number of benzene rings is 11. The second-order valence-electron chi connectivity index (χ2n) is 19.8. The zero-order valence-corrected chi connectivity index (χ0v) is 41.0. The van der Waals surface area contributed by atoms with Crippen LogP contribution in [0.4, 0.5) is 0 Å². The molecule has 0 N–H and O–H groups in total. The molecule has 6 heteroatoms. The van der Waals surface area contributed by atoms with Crippen molar-refractivity contribution in [3.63, 3.8) is 0 Å². The molecule has 1 spiro atoms. The highest BCUT2D eigenvalue weighted by molar-refractivity contribution is 6.26. The first-order valence-electron chi connectivity index (χ1n) is 25.8. The molecule has 1 aliphatic heterocycles. The van der Waals surface area contributed by atoms with E-state index in [1.807, 2.05) is 36.4 Å². The summed E-state index contributed by atoms with van der Waals surface area (Å²) in [5.41, 5.74) is 18.0. The second-order valence-corrected chi connectivity index (χ2v) is 19.8. The predicted octanol–water partition coefficient (Wildman–Crippen LogP) is 17.2. The van der Waals surface area contributed by atoms with Crippen LogP contribution in [0.1, 0.15) is 22.3 Å². The van der Waals surface area contributed by atoms with Crippen LogP contribution in [0, 0.1) is 0 Å². The lowest BCUT2D eigenvalue weighted by Crippen LogP contribution is -2.32. The topological polar surface area (TPSA) is 57.8 Å². The van der Waals surface area contributed by atoms with Gasteiger partial charge in [0.15, 0.2) is 17.5 Å². The maximum atomic E-state index is 6.78. The molecule has 14 aromatic rings. The highest BCUT2D eigenvalue weighted by atomic mass is 16.5. The van der Waals surface area contributed by atoms with E-state index >= 15 is 0 Å². The zero-order chi connectivity index (χ0) is 49.9. The summed E-state index contributed by atoms with van der Waals surface area (Å²) < 4.78 is 11.7. The molecule has 11 aromatic carbocycles. The third kappa shape index (κ3) is 6.06. The summed E-state index contributed by atoms with van der Waals surface area (Å²) in [5, 5.41) is 4.83. The van der Waals surface area contributed by atoms with Crippen molar-refractivity contribution in [2.24, 2.45) is 0 Å². The monoisotopic (exact) mass is 969 g/mol. The Kier molecular flexibility index (Phi) is 9.15. The van der Waals surface area contributed by atoms with Gasteiger partial charge in [-0.1, -0.05) is 194 Å². The fourth-order valence-corrected chi connectivity index (χ4v) is 12.7. The largest absolute Gasteiger partial charge is 0.457 e. The van der Waals surface area contributed by atoms with Crippen molar-refractivity contribution in [2.45, 2.75) is 5.41 Å². The van der Waals surface area contributed by atoms with Crippen LogP contribution in [0.25, 0.3) is 111 Å². The van der Waals surface area contributed by atoms with Crippen LogP contribution in [-0.4, -0.2) is 24.1 Å². The summed E-state index contributed by atoms with van der Waals surface area (Å²) in [7, 11) is 0. The molecule has 0 saturated heterocycles. The van der Waals surface area contributed by atoms with Crippen molar-refractivity contribution in [1.82, 2.24) is 24.1 Å². The van der Waals surface area contributed by atoms with Gasteiger partial charge in [0.2, 0.25) is 0 Å². The molecule has 0 atom stereocenters. The summed E-state index contributed by atoms with van der Waals surface area (Å²) in [5.74, 6) is 3.54. The second kappa shape index (κ2) is 16.4. The van der Waals surface area contributed by atoms with Gasteiger partial charge in [-0.05, 0) is 100 Å². The van der Waals surface area contributed by atoms with Crippen LogP contribution < -0.4 is 4.74 Å². The molecule has 1 aliphatic carbocycles. The van der Waals surface area contributed by atoms with Gasteiger partial charge in [0, 0.05) is 60.7 Å². The van der Waals surface area contributed by atoms with Crippen LogP contribution in [0.5, 0.6) is 11.5 Å². The normalized spacial score (nSPS) is 12.9. The Morgan fingerprint density at radius 2 is 0.842 bits per heavy atom. The zero-order valence-electron chi connectivity index (χ0n) is 41.0. The van der Waals surface area contributed by atoms with E-state index in [1.54, 1.807) is 0 Å². The maximum absolute atomic E-state index is 6.78. The fraction of sp³-hybridized carbons (Fsp3) is 0.0143. The minimum atomic E-state index is -0.709.